The predicted molar refractivity (Wildman–Crippen MR) is 133 cm³/mol. The summed E-state index contributed by atoms with van der Waals surface area (Å²) in [6.45, 7) is 0. The van der Waals surface area contributed by atoms with Gasteiger partial charge in [-0.25, -0.2) is 0 Å². The van der Waals surface area contributed by atoms with Crippen molar-refractivity contribution in [3.63, 3.8) is 0 Å². The molecular weight excluding hydrogens is 524 g/mol. The average Bonchev–Trinajstić information content (AvgIpc) is 2.82. The van der Waals surface area contributed by atoms with Crippen LogP contribution in [0.5, 0.6) is 0 Å². The van der Waals surface area contributed by atoms with Gasteiger partial charge in [-0.1, -0.05) is 24.3 Å². The molecule has 34 heavy (non-hydrogen) atoms. The van der Waals surface area contributed by atoms with E-state index in [1.807, 2.05) is 0 Å². The Labute approximate surface area is 207 Å². The normalized spacial score (nSPS) is 11.5. The fourth-order valence-corrected chi connectivity index (χ4v) is 4.61. The number of nitrogens with one attached hydrogen (secondary N) is 3. The molecule has 0 saturated carbocycles. The molecule has 0 unspecified atom stereocenters. The second-order valence-electron chi connectivity index (χ2n) is 6.09. The van der Waals surface area contributed by atoms with Crippen LogP contribution in [0.3, 0.4) is 0 Å². The van der Waals surface area contributed by atoms with Crippen LogP contribution in [-0.4, -0.2) is 47.7 Å². The lowest BCUT2D eigenvalue weighted by atomic mass is 10.1. The van der Waals surface area contributed by atoms with Crippen molar-refractivity contribution in [2.24, 2.45) is 4.99 Å². The Balaban J connectivity index is 2.56. The van der Waals surface area contributed by atoms with Gasteiger partial charge in [0.15, 0.2) is 5.11 Å². The van der Waals surface area contributed by atoms with Gasteiger partial charge in [-0.2, -0.15) is 21.8 Å². The topological polar surface area (TPSA) is 152 Å². The summed E-state index contributed by atoms with van der Waals surface area (Å²) >= 11 is 9.53. The molecule has 0 atom stereocenters. The molecule has 15 heteroatoms. The van der Waals surface area contributed by atoms with Crippen LogP contribution < -0.4 is 16.2 Å². The Hall–Kier alpha value is -3.04. The van der Waals surface area contributed by atoms with E-state index in [0.29, 0.717) is 6.41 Å². The molecule has 2 aromatic rings. The summed E-state index contributed by atoms with van der Waals surface area (Å²) in [5.41, 5.74) is 5.44. The molecule has 0 aromatic heterocycles. The molecule has 1 amide bonds. The fourth-order valence-electron chi connectivity index (χ4n) is 2.58. The van der Waals surface area contributed by atoms with Gasteiger partial charge in [0.1, 0.15) is 9.79 Å². The van der Waals surface area contributed by atoms with Crippen molar-refractivity contribution in [1.29, 1.82) is 0 Å². The van der Waals surface area contributed by atoms with E-state index in [-0.39, 0.29) is 37.4 Å². The standard InChI is InChI=1S/C19H18N4O7S4/c1-29-33(25,26)17-9-15(20-12-31)7-5-13(17)3-4-14-6-8-16(22-19(32)23-21-11-24)10-18(14)34(27,28)30-2/h3-11H,1-2H3,(H,21,24)(H2,22,23,32)/b4-3+. The van der Waals surface area contributed by atoms with Gasteiger partial charge in [-0.15, -0.1) is 0 Å². The highest BCUT2D eigenvalue weighted by Gasteiger charge is 2.20. The Kier molecular flexibility index (Phi) is 9.52. The molecule has 0 aliphatic rings. The van der Waals surface area contributed by atoms with Crippen molar-refractivity contribution < 1.29 is 30.0 Å². The van der Waals surface area contributed by atoms with Gasteiger partial charge in [0, 0.05) is 5.69 Å². The van der Waals surface area contributed by atoms with E-state index in [1.54, 1.807) is 0 Å². The van der Waals surface area contributed by atoms with Gasteiger partial charge in [0.05, 0.1) is 25.1 Å². The van der Waals surface area contributed by atoms with E-state index in [9.17, 15) is 21.6 Å². The number of hydrazine groups is 1. The molecular formula is C19H18N4O7S4. The number of benzene rings is 2. The van der Waals surface area contributed by atoms with Crippen molar-refractivity contribution in [2.75, 3.05) is 19.5 Å². The number of carbonyl (C=O) groups excluding carboxylic acids is 1. The first-order chi connectivity index (χ1) is 16.1. The van der Waals surface area contributed by atoms with Crippen LogP contribution >= 0.6 is 24.4 Å². The highest BCUT2D eigenvalue weighted by molar-refractivity contribution is 7.87. The number of rotatable bonds is 10. The SMILES string of the molecule is COS(=O)(=O)c1cc(N=C=S)ccc1/C=C/c1ccc(NC(=S)NNC=O)cc1S(=O)(=O)OC. The molecule has 0 spiro atoms. The third-order valence-electron chi connectivity index (χ3n) is 4.11. The minimum absolute atomic E-state index is 0.00430. The largest absolute Gasteiger partial charge is 0.331 e. The van der Waals surface area contributed by atoms with Crippen molar-refractivity contribution in [3.8, 4) is 0 Å². The third-order valence-corrected chi connectivity index (χ3v) is 7.07. The van der Waals surface area contributed by atoms with Crippen LogP contribution in [0.4, 0.5) is 11.4 Å². The van der Waals surface area contributed by atoms with Crippen molar-refractivity contribution in [2.45, 2.75) is 9.79 Å². The molecule has 2 rings (SSSR count). The summed E-state index contributed by atoms with van der Waals surface area (Å²) in [6.07, 6.45) is 3.16. The number of hydrogen-bond acceptors (Lipinski definition) is 10. The first-order valence-corrected chi connectivity index (χ1v) is 12.6. The number of aliphatic imine (C=N–C) groups is 1. The molecule has 2 aromatic carbocycles. The van der Waals surface area contributed by atoms with Crippen LogP contribution in [-0.2, 0) is 33.4 Å². The van der Waals surface area contributed by atoms with Gasteiger partial charge >= 0.3 is 0 Å². The first kappa shape index (κ1) is 27.2. The van der Waals surface area contributed by atoms with Crippen LogP contribution in [0, 0.1) is 0 Å². The number of isothiocyanates is 1. The first-order valence-electron chi connectivity index (χ1n) is 8.99. The molecule has 0 bridgehead atoms. The number of carbonyl (C=O) groups is 1. The second kappa shape index (κ2) is 11.9. The van der Waals surface area contributed by atoms with E-state index in [1.165, 1.54) is 48.6 Å². The summed E-state index contributed by atoms with van der Waals surface area (Å²) in [6, 6.07) is 8.45. The van der Waals surface area contributed by atoms with Crippen molar-refractivity contribution in [1.82, 2.24) is 10.9 Å². The van der Waals surface area contributed by atoms with Crippen LogP contribution in [0.2, 0.25) is 0 Å². The molecule has 11 nitrogen and oxygen atoms in total. The monoisotopic (exact) mass is 542 g/mol. The lowest BCUT2D eigenvalue weighted by molar-refractivity contribution is -0.110. The van der Waals surface area contributed by atoms with Crippen LogP contribution in [0.25, 0.3) is 12.2 Å². The molecule has 0 aliphatic heterocycles. The van der Waals surface area contributed by atoms with E-state index in [4.69, 9.17) is 12.2 Å². The molecule has 3 N–H and O–H groups in total. The zero-order valence-electron chi connectivity index (χ0n) is 17.6. The highest BCUT2D eigenvalue weighted by atomic mass is 32.2. The maximum absolute atomic E-state index is 12.5. The maximum Gasteiger partial charge on any atom is 0.297 e. The number of anilines is 1. The van der Waals surface area contributed by atoms with Gasteiger partial charge in [0.2, 0.25) is 6.41 Å². The van der Waals surface area contributed by atoms with Gasteiger partial charge in [-0.05, 0) is 59.8 Å². The second-order valence-corrected chi connectivity index (χ2v) is 10.0. The van der Waals surface area contributed by atoms with Gasteiger partial charge < -0.3 is 5.32 Å². The van der Waals surface area contributed by atoms with Gasteiger partial charge in [-0.3, -0.25) is 24.0 Å². The molecule has 0 aliphatic carbocycles. The van der Waals surface area contributed by atoms with Crippen molar-refractivity contribution in [3.05, 3.63) is 47.5 Å². The number of thiocarbonyl (C=S) groups is 2. The Morgan fingerprint density at radius 1 is 0.971 bits per heavy atom. The summed E-state index contributed by atoms with van der Waals surface area (Å²) in [5, 5.41) is 4.86. The van der Waals surface area contributed by atoms with Crippen molar-refractivity contribution >= 4 is 84.9 Å². The van der Waals surface area contributed by atoms with E-state index in [2.05, 4.69) is 46.9 Å². The third kappa shape index (κ3) is 6.98. The molecule has 0 saturated heterocycles. The lowest BCUT2D eigenvalue weighted by Gasteiger charge is -2.12. The Morgan fingerprint density at radius 3 is 2.06 bits per heavy atom. The Bertz CT molecular complexity index is 1380. The Morgan fingerprint density at radius 2 is 1.53 bits per heavy atom. The zero-order chi connectivity index (χ0) is 25.4. The summed E-state index contributed by atoms with van der Waals surface area (Å²) < 4.78 is 59.0. The number of nitrogens with zero attached hydrogens (tertiary/aromatic N) is 1. The fraction of sp³-hybridized carbons (Fsp3) is 0.105. The van der Waals surface area contributed by atoms with Crippen LogP contribution in [0.15, 0.2) is 51.2 Å². The molecule has 180 valence electrons. The summed E-state index contributed by atoms with van der Waals surface area (Å²) in [5.74, 6) is 0. The average molecular weight is 543 g/mol. The molecule has 0 fully saturated rings. The smallest absolute Gasteiger partial charge is 0.297 e. The number of hydrogen-bond donors (Lipinski definition) is 3. The maximum atomic E-state index is 12.5. The van der Waals surface area contributed by atoms with E-state index < -0.39 is 20.2 Å². The summed E-state index contributed by atoms with van der Waals surface area (Å²) in [4.78, 5) is 13.7. The molecule has 0 heterocycles. The number of amides is 1. The highest BCUT2D eigenvalue weighted by Crippen LogP contribution is 2.28. The minimum atomic E-state index is -4.17. The van der Waals surface area contributed by atoms with E-state index in [0.717, 1.165) is 14.2 Å². The minimum Gasteiger partial charge on any atom is -0.331 e. The van der Waals surface area contributed by atoms with Gasteiger partial charge in [0.25, 0.3) is 20.2 Å². The van der Waals surface area contributed by atoms with E-state index >= 15 is 0 Å². The lowest BCUT2D eigenvalue weighted by Crippen LogP contribution is -2.39. The summed E-state index contributed by atoms with van der Waals surface area (Å²) in [7, 11) is -6.28. The zero-order valence-corrected chi connectivity index (χ0v) is 20.9. The van der Waals surface area contributed by atoms with Crippen LogP contribution in [0.1, 0.15) is 11.1 Å². The predicted octanol–water partition coefficient (Wildman–Crippen LogP) is 2.21. The molecule has 0 radical (unpaired) electrons. The quantitative estimate of drug-likeness (QED) is 0.101.